The SMILES string of the molecule is CCC1CCC(=O)C(CN2CCC3(CCCCC3)CC2)C1. The molecule has 0 aromatic carbocycles. The molecule has 0 bridgehead atoms. The van der Waals surface area contributed by atoms with Crippen LogP contribution in [0.3, 0.4) is 0 Å². The average molecular weight is 291 g/mol. The van der Waals surface area contributed by atoms with Crippen LogP contribution in [0.5, 0.6) is 0 Å². The lowest BCUT2D eigenvalue weighted by molar-refractivity contribution is -0.126. The molecule has 1 aliphatic heterocycles. The Bertz CT molecular complexity index is 349. The van der Waals surface area contributed by atoms with Crippen LogP contribution in [-0.4, -0.2) is 30.3 Å². The Morgan fingerprint density at radius 2 is 1.81 bits per heavy atom. The number of Topliss-reactive ketones (excluding diaryl/α,β-unsaturated/α-hetero) is 1. The van der Waals surface area contributed by atoms with Gasteiger partial charge in [0.25, 0.3) is 0 Å². The quantitative estimate of drug-likeness (QED) is 0.766. The number of carbonyl (C=O) groups is 1. The lowest BCUT2D eigenvalue weighted by Gasteiger charge is -2.45. The van der Waals surface area contributed by atoms with Crippen molar-refractivity contribution in [3.8, 4) is 0 Å². The average Bonchev–Trinajstić information content (AvgIpc) is 2.53. The van der Waals surface area contributed by atoms with Gasteiger partial charge in [-0.1, -0.05) is 32.6 Å². The van der Waals surface area contributed by atoms with Crippen molar-refractivity contribution in [2.45, 2.75) is 77.6 Å². The molecule has 1 spiro atoms. The highest BCUT2D eigenvalue weighted by molar-refractivity contribution is 5.81. The highest BCUT2D eigenvalue weighted by Crippen LogP contribution is 2.44. The first-order chi connectivity index (χ1) is 10.2. The Labute approximate surface area is 130 Å². The fraction of sp³-hybridized carbons (Fsp3) is 0.947. The Kier molecular flexibility index (Phi) is 5.03. The number of rotatable bonds is 3. The predicted octanol–water partition coefficient (Wildman–Crippen LogP) is 4.43. The minimum Gasteiger partial charge on any atom is -0.303 e. The summed E-state index contributed by atoms with van der Waals surface area (Å²) in [6, 6.07) is 0. The smallest absolute Gasteiger partial charge is 0.137 e. The van der Waals surface area contributed by atoms with Gasteiger partial charge < -0.3 is 4.90 Å². The highest BCUT2D eigenvalue weighted by Gasteiger charge is 2.37. The number of ketones is 1. The monoisotopic (exact) mass is 291 g/mol. The van der Waals surface area contributed by atoms with Crippen molar-refractivity contribution < 1.29 is 4.79 Å². The summed E-state index contributed by atoms with van der Waals surface area (Å²) in [6.07, 6.45) is 14.5. The number of piperidine rings is 1. The molecule has 3 fully saturated rings. The van der Waals surface area contributed by atoms with Crippen LogP contribution in [0.2, 0.25) is 0 Å². The van der Waals surface area contributed by atoms with Crippen molar-refractivity contribution >= 4 is 5.78 Å². The van der Waals surface area contributed by atoms with Crippen molar-refractivity contribution in [3.63, 3.8) is 0 Å². The van der Waals surface area contributed by atoms with Crippen LogP contribution in [-0.2, 0) is 4.79 Å². The molecule has 0 N–H and O–H groups in total. The first-order valence-electron chi connectivity index (χ1n) is 9.46. The van der Waals surface area contributed by atoms with Gasteiger partial charge in [-0.3, -0.25) is 4.79 Å². The van der Waals surface area contributed by atoms with E-state index in [1.807, 2.05) is 0 Å². The lowest BCUT2D eigenvalue weighted by atomic mass is 9.68. The second-order valence-corrected chi connectivity index (χ2v) is 8.07. The summed E-state index contributed by atoms with van der Waals surface area (Å²) in [5.74, 6) is 1.71. The fourth-order valence-corrected chi connectivity index (χ4v) is 5.07. The minimum atomic E-state index is 0.351. The van der Waals surface area contributed by atoms with Gasteiger partial charge in [-0.2, -0.15) is 0 Å². The van der Waals surface area contributed by atoms with E-state index in [0.29, 0.717) is 17.1 Å². The van der Waals surface area contributed by atoms with E-state index in [2.05, 4.69) is 11.8 Å². The van der Waals surface area contributed by atoms with Crippen LogP contribution in [0, 0.1) is 17.3 Å². The largest absolute Gasteiger partial charge is 0.303 e. The third kappa shape index (κ3) is 3.70. The van der Waals surface area contributed by atoms with E-state index in [1.165, 1.54) is 64.5 Å². The van der Waals surface area contributed by atoms with E-state index in [4.69, 9.17) is 0 Å². The molecule has 2 aliphatic carbocycles. The van der Waals surface area contributed by atoms with E-state index < -0.39 is 0 Å². The predicted molar refractivity (Wildman–Crippen MR) is 87.3 cm³/mol. The van der Waals surface area contributed by atoms with E-state index in [-0.39, 0.29) is 0 Å². The molecule has 2 saturated carbocycles. The van der Waals surface area contributed by atoms with Crippen molar-refractivity contribution in [1.29, 1.82) is 0 Å². The summed E-state index contributed by atoms with van der Waals surface area (Å²) in [4.78, 5) is 14.8. The van der Waals surface area contributed by atoms with Gasteiger partial charge in [0.05, 0.1) is 0 Å². The van der Waals surface area contributed by atoms with Gasteiger partial charge in [-0.15, -0.1) is 0 Å². The molecule has 1 saturated heterocycles. The summed E-state index contributed by atoms with van der Waals surface area (Å²) < 4.78 is 0. The Morgan fingerprint density at radius 1 is 1.10 bits per heavy atom. The van der Waals surface area contributed by atoms with Crippen molar-refractivity contribution in [2.75, 3.05) is 19.6 Å². The number of hydrogen-bond donors (Lipinski definition) is 0. The summed E-state index contributed by atoms with van der Waals surface area (Å²) in [6.45, 7) is 5.85. The first kappa shape index (κ1) is 15.5. The molecule has 2 unspecified atom stereocenters. The molecular weight excluding hydrogens is 258 g/mol. The van der Waals surface area contributed by atoms with Crippen molar-refractivity contribution in [3.05, 3.63) is 0 Å². The number of carbonyl (C=O) groups excluding carboxylic acids is 1. The molecule has 0 amide bonds. The van der Waals surface area contributed by atoms with Crippen LogP contribution >= 0.6 is 0 Å². The Hall–Kier alpha value is -0.370. The van der Waals surface area contributed by atoms with E-state index >= 15 is 0 Å². The van der Waals surface area contributed by atoms with Gasteiger partial charge in [0.1, 0.15) is 5.78 Å². The van der Waals surface area contributed by atoms with E-state index in [0.717, 1.165) is 31.7 Å². The molecule has 2 heteroatoms. The zero-order chi connectivity index (χ0) is 14.7. The third-order valence-electron chi connectivity index (χ3n) is 6.76. The Morgan fingerprint density at radius 3 is 2.48 bits per heavy atom. The van der Waals surface area contributed by atoms with Gasteiger partial charge in [-0.05, 0) is 62.9 Å². The van der Waals surface area contributed by atoms with Crippen LogP contribution in [0.1, 0.15) is 77.6 Å². The molecule has 120 valence electrons. The van der Waals surface area contributed by atoms with Gasteiger partial charge in [0.2, 0.25) is 0 Å². The van der Waals surface area contributed by atoms with Gasteiger partial charge in [0.15, 0.2) is 0 Å². The Balaban J connectivity index is 1.49. The number of likely N-dealkylation sites (tertiary alicyclic amines) is 1. The number of nitrogens with zero attached hydrogens (tertiary/aromatic N) is 1. The van der Waals surface area contributed by atoms with Gasteiger partial charge in [-0.25, -0.2) is 0 Å². The molecule has 2 nitrogen and oxygen atoms in total. The minimum absolute atomic E-state index is 0.351. The molecule has 2 atom stereocenters. The third-order valence-corrected chi connectivity index (χ3v) is 6.76. The van der Waals surface area contributed by atoms with Gasteiger partial charge >= 0.3 is 0 Å². The second kappa shape index (κ2) is 6.81. The molecule has 1 heterocycles. The molecule has 3 rings (SSSR count). The molecule has 3 aliphatic rings. The standard InChI is InChI=1S/C19H33NO/c1-2-16-6-7-18(21)17(14-16)15-20-12-10-19(11-13-20)8-4-3-5-9-19/h16-17H,2-15H2,1H3. The van der Waals surface area contributed by atoms with Crippen molar-refractivity contribution in [2.24, 2.45) is 17.3 Å². The van der Waals surface area contributed by atoms with Crippen LogP contribution in [0.25, 0.3) is 0 Å². The van der Waals surface area contributed by atoms with Crippen molar-refractivity contribution in [1.82, 2.24) is 4.90 Å². The fourth-order valence-electron chi connectivity index (χ4n) is 5.07. The summed E-state index contributed by atoms with van der Waals surface area (Å²) in [5.41, 5.74) is 0.692. The van der Waals surface area contributed by atoms with Crippen LogP contribution < -0.4 is 0 Å². The topological polar surface area (TPSA) is 20.3 Å². The summed E-state index contributed by atoms with van der Waals surface area (Å²) in [7, 11) is 0. The normalized spacial score (nSPS) is 34.2. The zero-order valence-electron chi connectivity index (χ0n) is 13.9. The molecule has 0 aromatic rings. The molecule has 21 heavy (non-hydrogen) atoms. The highest BCUT2D eigenvalue weighted by atomic mass is 16.1. The number of hydrogen-bond acceptors (Lipinski definition) is 2. The molecule has 0 aromatic heterocycles. The maximum absolute atomic E-state index is 12.2. The lowest BCUT2D eigenvalue weighted by Crippen LogP contribution is -2.44. The van der Waals surface area contributed by atoms with Crippen LogP contribution in [0.15, 0.2) is 0 Å². The second-order valence-electron chi connectivity index (χ2n) is 8.07. The molecular formula is C19H33NO. The maximum Gasteiger partial charge on any atom is 0.137 e. The molecule has 0 radical (unpaired) electrons. The summed E-state index contributed by atoms with van der Waals surface area (Å²) in [5, 5.41) is 0. The van der Waals surface area contributed by atoms with Crippen LogP contribution in [0.4, 0.5) is 0 Å². The zero-order valence-corrected chi connectivity index (χ0v) is 13.9. The summed E-state index contributed by atoms with van der Waals surface area (Å²) >= 11 is 0. The van der Waals surface area contributed by atoms with E-state index in [9.17, 15) is 4.79 Å². The first-order valence-corrected chi connectivity index (χ1v) is 9.46. The maximum atomic E-state index is 12.2. The van der Waals surface area contributed by atoms with E-state index in [1.54, 1.807) is 0 Å². The van der Waals surface area contributed by atoms with Gasteiger partial charge in [0, 0.05) is 18.9 Å².